The van der Waals surface area contributed by atoms with E-state index in [1.165, 1.54) is 23.2 Å². The third-order valence-corrected chi connectivity index (χ3v) is 8.47. The third kappa shape index (κ3) is 5.59. The van der Waals surface area contributed by atoms with Gasteiger partial charge in [-0.05, 0) is 68.6 Å². The molecular formula is C30H41N5O3. The fourth-order valence-electron chi connectivity index (χ4n) is 6.36. The standard InChI is InChI=1S/C30H41N5O3/c36-21-28(27-8-3-5-23-19-32-35(29(23)27)25-12-17-37-18-13-25)34-15-11-26(20-34)38-16-2-1-7-24-10-9-22-6-4-14-31-30(22)33-24/h3,5,8-10,19,25-26,28,36H,1-2,4,6-7,11-18,20-21H2,(H,31,33)/t26-,28?/m1/s1. The summed E-state index contributed by atoms with van der Waals surface area (Å²) in [7, 11) is 0. The van der Waals surface area contributed by atoms with Gasteiger partial charge in [0.2, 0.25) is 0 Å². The number of aryl methyl sites for hydroxylation is 2. The zero-order chi connectivity index (χ0) is 25.7. The number of nitrogens with one attached hydrogen (secondary N) is 1. The van der Waals surface area contributed by atoms with Crippen molar-refractivity contribution in [1.82, 2.24) is 19.7 Å². The molecule has 3 aromatic rings. The maximum Gasteiger partial charge on any atom is 0.129 e. The molecule has 2 atom stereocenters. The first kappa shape index (κ1) is 25.7. The van der Waals surface area contributed by atoms with Crippen molar-refractivity contribution < 1.29 is 14.6 Å². The van der Waals surface area contributed by atoms with Gasteiger partial charge in [0.25, 0.3) is 0 Å². The SMILES string of the molecule is OCC(c1cccc2cnn(C3CCOCC3)c12)N1CC[C@@H](OCCCCc2ccc3c(n2)NCCC3)C1. The van der Waals surface area contributed by atoms with Crippen molar-refractivity contribution in [3.05, 3.63) is 53.3 Å². The molecule has 8 heteroatoms. The number of benzene rings is 1. The molecule has 0 radical (unpaired) electrons. The largest absolute Gasteiger partial charge is 0.394 e. The molecule has 3 aliphatic heterocycles. The first-order chi connectivity index (χ1) is 18.8. The molecule has 38 heavy (non-hydrogen) atoms. The summed E-state index contributed by atoms with van der Waals surface area (Å²) in [5, 5.41) is 19.9. The number of hydrogen-bond acceptors (Lipinski definition) is 7. The smallest absolute Gasteiger partial charge is 0.129 e. The van der Waals surface area contributed by atoms with Crippen LogP contribution in [0, 0.1) is 0 Å². The highest BCUT2D eigenvalue weighted by atomic mass is 16.5. The van der Waals surface area contributed by atoms with Crippen LogP contribution in [0.2, 0.25) is 0 Å². The number of fused-ring (bicyclic) bond motifs is 2. The van der Waals surface area contributed by atoms with Crippen molar-refractivity contribution in [2.24, 2.45) is 0 Å². The Morgan fingerprint density at radius 3 is 2.95 bits per heavy atom. The predicted molar refractivity (Wildman–Crippen MR) is 149 cm³/mol. The minimum absolute atomic E-state index is 0.0497. The van der Waals surface area contributed by atoms with Gasteiger partial charge in [-0.15, -0.1) is 0 Å². The molecule has 2 aromatic heterocycles. The van der Waals surface area contributed by atoms with Crippen LogP contribution in [0.3, 0.4) is 0 Å². The second kappa shape index (κ2) is 12.1. The summed E-state index contributed by atoms with van der Waals surface area (Å²) in [6.07, 6.45) is 10.6. The maximum atomic E-state index is 10.5. The number of aliphatic hydroxyl groups is 1. The predicted octanol–water partition coefficient (Wildman–Crippen LogP) is 4.29. The summed E-state index contributed by atoms with van der Waals surface area (Å²) in [5.74, 6) is 1.08. The molecule has 2 fully saturated rings. The Morgan fingerprint density at radius 1 is 1.13 bits per heavy atom. The lowest BCUT2D eigenvalue weighted by atomic mass is 10.0. The van der Waals surface area contributed by atoms with Crippen molar-refractivity contribution in [1.29, 1.82) is 0 Å². The number of unbranched alkanes of at least 4 members (excludes halogenated alkanes) is 1. The van der Waals surface area contributed by atoms with Crippen LogP contribution in [0.1, 0.15) is 67.4 Å². The summed E-state index contributed by atoms with van der Waals surface area (Å²) in [4.78, 5) is 7.21. The van der Waals surface area contributed by atoms with Crippen LogP contribution < -0.4 is 5.32 Å². The Kier molecular flexibility index (Phi) is 8.21. The van der Waals surface area contributed by atoms with E-state index in [-0.39, 0.29) is 18.8 Å². The van der Waals surface area contributed by atoms with Gasteiger partial charge in [-0.3, -0.25) is 9.58 Å². The van der Waals surface area contributed by atoms with Crippen LogP contribution in [0.25, 0.3) is 10.9 Å². The molecule has 1 aromatic carbocycles. The summed E-state index contributed by atoms with van der Waals surface area (Å²) in [5.41, 5.74) is 4.85. The molecule has 0 amide bonds. The van der Waals surface area contributed by atoms with Gasteiger partial charge in [0.15, 0.2) is 0 Å². The number of pyridine rings is 1. The van der Waals surface area contributed by atoms with E-state index in [9.17, 15) is 5.11 Å². The molecule has 0 aliphatic carbocycles. The van der Waals surface area contributed by atoms with Crippen LogP contribution in [0.5, 0.6) is 0 Å². The molecular weight excluding hydrogens is 478 g/mol. The van der Waals surface area contributed by atoms with Crippen LogP contribution in [-0.2, 0) is 22.3 Å². The van der Waals surface area contributed by atoms with Gasteiger partial charge in [0.05, 0.1) is 36.5 Å². The number of hydrogen-bond donors (Lipinski definition) is 2. The number of aromatic nitrogens is 3. The number of nitrogens with zero attached hydrogens (tertiary/aromatic N) is 4. The Bertz CT molecular complexity index is 1210. The van der Waals surface area contributed by atoms with Crippen molar-refractivity contribution in [3.63, 3.8) is 0 Å². The highest BCUT2D eigenvalue weighted by Crippen LogP contribution is 2.34. The van der Waals surface area contributed by atoms with Crippen molar-refractivity contribution in [2.45, 2.75) is 69.6 Å². The zero-order valence-electron chi connectivity index (χ0n) is 22.4. The van der Waals surface area contributed by atoms with Crippen LogP contribution >= 0.6 is 0 Å². The number of ether oxygens (including phenoxy) is 2. The Balaban J connectivity index is 1.02. The van der Waals surface area contributed by atoms with Gasteiger partial charge >= 0.3 is 0 Å². The monoisotopic (exact) mass is 519 g/mol. The quantitative estimate of drug-likeness (QED) is 0.387. The van der Waals surface area contributed by atoms with E-state index in [0.29, 0.717) is 6.04 Å². The highest BCUT2D eigenvalue weighted by Gasteiger charge is 2.31. The van der Waals surface area contributed by atoms with E-state index < -0.39 is 0 Å². The second-order valence-corrected chi connectivity index (χ2v) is 11.0. The van der Waals surface area contributed by atoms with E-state index in [4.69, 9.17) is 19.6 Å². The highest BCUT2D eigenvalue weighted by molar-refractivity contribution is 5.82. The zero-order valence-corrected chi connectivity index (χ0v) is 22.4. The number of aliphatic hydroxyl groups excluding tert-OH is 1. The fraction of sp³-hybridized carbons (Fsp3) is 0.600. The first-order valence-corrected chi connectivity index (χ1v) is 14.5. The van der Waals surface area contributed by atoms with Gasteiger partial charge in [-0.1, -0.05) is 24.3 Å². The summed E-state index contributed by atoms with van der Waals surface area (Å²) in [6.45, 7) is 5.25. The first-order valence-electron chi connectivity index (χ1n) is 14.5. The Morgan fingerprint density at radius 2 is 2.05 bits per heavy atom. The van der Waals surface area contributed by atoms with E-state index in [2.05, 4.69) is 45.2 Å². The molecule has 8 nitrogen and oxygen atoms in total. The Hall–Kier alpha value is -2.52. The molecule has 0 spiro atoms. The summed E-state index contributed by atoms with van der Waals surface area (Å²) >= 11 is 0. The third-order valence-electron chi connectivity index (χ3n) is 8.47. The van der Waals surface area contributed by atoms with Gasteiger partial charge < -0.3 is 19.9 Å². The second-order valence-electron chi connectivity index (χ2n) is 11.0. The minimum atomic E-state index is -0.0497. The molecule has 2 saturated heterocycles. The Labute approximate surface area is 225 Å². The van der Waals surface area contributed by atoms with Crippen LogP contribution in [0.15, 0.2) is 36.5 Å². The molecule has 5 heterocycles. The van der Waals surface area contributed by atoms with Gasteiger partial charge in [0, 0.05) is 50.5 Å². The van der Waals surface area contributed by atoms with Crippen molar-refractivity contribution >= 4 is 16.7 Å². The lowest BCUT2D eigenvalue weighted by Crippen LogP contribution is -2.31. The fourth-order valence-corrected chi connectivity index (χ4v) is 6.36. The molecule has 2 N–H and O–H groups in total. The van der Waals surface area contributed by atoms with Gasteiger partial charge in [-0.25, -0.2) is 4.98 Å². The van der Waals surface area contributed by atoms with E-state index in [1.54, 1.807) is 0 Å². The van der Waals surface area contributed by atoms with Gasteiger partial charge in [0.1, 0.15) is 5.82 Å². The molecule has 3 aliphatic rings. The number of para-hydroxylation sites is 1. The minimum Gasteiger partial charge on any atom is -0.394 e. The average molecular weight is 520 g/mol. The lowest BCUT2D eigenvalue weighted by molar-refractivity contribution is 0.0482. The van der Waals surface area contributed by atoms with E-state index >= 15 is 0 Å². The number of rotatable bonds is 10. The molecule has 0 saturated carbocycles. The number of likely N-dealkylation sites (tertiary alicyclic amines) is 1. The van der Waals surface area contributed by atoms with Crippen LogP contribution in [-0.4, -0.2) is 76.9 Å². The topological polar surface area (TPSA) is 84.7 Å². The van der Waals surface area contributed by atoms with Crippen LogP contribution in [0.4, 0.5) is 5.82 Å². The van der Waals surface area contributed by atoms with Gasteiger partial charge in [-0.2, -0.15) is 5.10 Å². The van der Waals surface area contributed by atoms with E-state index in [1.807, 2.05) is 6.20 Å². The van der Waals surface area contributed by atoms with E-state index in [0.717, 1.165) is 101 Å². The summed E-state index contributed by atoms with van der Waals surface area (Å²) in [6, 6.07) is 11.1. The molecule has 0 bridgehead atoms. The molecule has 204 valence electrons. The number of anilines is 1. The molecule has 1 unspecified atom stereocenters. The van der Waals surface area contributed by atoms with Crippen molar-refractivity contribution in [2.75, 3.05) is 51.4 Å². The lowest BCUT2D eigenvalue weighted by Gasteiger charge is -2.29. The normalized spacial score (nSPS) is 21.4. The molecule has 6 rings (SSSR count). The van der Waals surface area contributed by atoms with Crippen molar-refractivity contribution in [3.8, 4) is 0 Å². The maximum absolute atomic E-state index is 10.5. The average Bonchev–Trinajstić information content (AvgIpc) is 3.62. The summed E-state index contributed by atoms with van der Waals surface area (Å²) < 4.78 is 14.1.